The summed E-state index contributed by atoms with van der Waals surface area (Å²) in [5.41, 5.74) is 4.55. The Labute approximate surface area is 176 Å². The van der Waals surface area contributed by atoms with Gasteiger partial charge in [-0.2, -0.15) is 0 Å². The van der Waals surface area contributed by atoms with E-state index in [2.05, 4.69) is 45.5 Å². The highest BCUT2D eigenvalue weighted by Gasteiger charge is 2.14. The van der Waals surface area contributed by atoms with Gasteiger partial charge in [0.15, 0.2) is 5.82 Å². The third kappa shape index (κ3) is 4.02. The van der Waals surface area contributed by atoms with Crippen LogP contribution in [-0.2, 0) is 13.1 Å². The van der Waals surface area contributed by atoms with Crippen molar-refractivity contribution in [3.8, 4) is 11.4 Å². The number of benzene rings is 2. The van der Waals surface area contributed by atoms with E-state index in [1.54, 1.807) is 12.4 Å². The topological polar surface area (TPSA) is 53.9 Å². The molecule has 0 aliphatic carbocycles. The lowest BCUT2D eigenvalue weighted by molar-refractivity contribution is 0.330. The highest BCUT2D eigenvalue weighted by Crippen LogP contribution is 2.25. The van der Waals surface area contributed by atoms with Crippen LogP contribution >= 0.6 is 0 Å². The Morgan fingerprint density at radius 3 is 2.47 bits per heavy atom. The molecule has 5 rings (SSSR count). The fourth-order valence-corrected chi connectivity index (χ4v) is 4.08. The number of hydrogen-bond donors (Lipinski definition) is 1. The second kappa shape index (κ2) is 8.59. The van der Waals surface area contributed by atoms with Gasteiger partial charge in [0.1, 0.15) is 5.82 Å². The molecule has 3 heterocycles. The highest BCUT2D eigenvalue weighted by atomic mass is 15.1. The van der Waals surface area contributed by atoms with Crippen molar-refractivity contribution >= 4 is 16.7 Å². The van der Waals surface area contributed by atoms with Crippen molar-refractivity contribution in [1.29, 1.82) is 0 Å². The highest BCUT2D eigenvalue weighted by molar-refractivity contribution is 5.90. The molecule has 5 nitrogen and oxygen atoms in total. The van der Waals surface area contributed by atoms with Crippen LogP contribution in [0, 0.1) is 0 Å². The van der Waals surface area contributed by atoms with Crippen LogP contribution in [-0.4, -0.2) is 32.9 Å². The Kier molecular flexibility index (Phi) is 5.36. The van der Waals surface area contributed by atoms with E-state index >= 15 is 0 Å². The Hall–Kier alpha value is -3.31. The minimum absolute atomic E-state index is 0.689. The summed E-state index contributed by atoms with van der Waals surface area (Å²) < 4.78 is 0. The van der Waals surface area contributed by atoms with Gasteiger partial charge in [-0.3, -0.25) is 9.88 Å². The molecule has 150 valence electrons. The zero-order valence-electron chi connectivity index (χ0n) is 17.0. The molecule has 1 fully saturated rings. The Morgan fingerprint density at radius 1 is 0.833 bits per heavy atom. The number of para-hydroxylation sites is 1. The lowest BCUT2D eigenvalue weighted by Crippen LogP contribution is -2.19. The van der Waals surface area contributed by atoms with E-state index in [1.165, 1.54) is 37.1 Å². The second-order valence-corrected chi connectivity index (χ2v) is 7.76. The zero-order chi connectivity index (χ0) is 20.2. The predicted octanol–water partition coefficient (Wildman–Crippen LogP) is 4.90. The number of fused-ring (bicyclic) bond motifs is 1. The van der Waals surface area contributed by atoms with E-state index in [-0.39, 0.29) is 0 Å². The predicted molar refractivity (Wildman–Crippen MR) is 121 cm³/mol. The van der Waals surface area contributed by atoms with Gasteiger partial charge in [0.25, 0.3) is 0 Å². The molecule has 0 saturated carbocycles. The fourth-order valence-electron chi connectivity index (χ4n) is 4.08. The molecule has 4 aromatic rings. The van der Waals surface area contributed by atoms with Crippen molar-refractivity contribution in [1.82, 2.24) is 19.9 Å². The molecule has 2 aromatic carbocycles. The van der Waals surface area contributed by atoms with Crippen LogP contribution in [0.5, 0.6) is 0 Å². The molecule has 1 aliphatic heterocycles. The quantitative estimate of drug-likeness (QED) is 0.503. The second-order valence-electron chi connectivity index (χ2n) is 7.76. The molecular weight excluding hydrogens is 370 g/mol. The molecule has 0 bridgehead atoms. The van der Waals surface area contributed by atoms with E-state index in [0.717, 1.165) is 35.4 Å². The van der Waals surface area contributed by atoms with E-state index < -0.39 is 0 Å². The summed E-state index contributed by atoms with van der Waals surface area (Å²) in [5, 5.41) is 4.62. The standard InChI is InChI=1S/C25H25N5/c1-2-9-21(18-30-14-5-6-15-30)19(8-1)17-27-25-22-11-3-4-12-23(22)28-24(29-25)20-10-7-13-26-16-20/h1-4,7-13,16H,5-6,14-15,17-18H2,(H,27,28,29). The summed E-state index contributed by atoms with van der Waals surface area (Å²) in [4.78, 5) is 16.4. The normalized spacial score (nSPS) is 14.3. The van der Waals surface area contributed by atoms with Gasteiger partial charge in [-0.25, -0.2) is 9.97 Å². The number of rotatable bonds is 6. The average molecular weight is 396 g/mol. The number of likely N-dealkylation sites (tertiary alicyclic amines) is 1. The Morgan fingerprint density at radius 2 is 1.63 bits per heavy atom. The SMILES string of the molecule is c1cncc(-c2nc(NCc3ccccc3CN3CCCC3)c3ccccc3n2)c1. The first-order valence-electron chi connectivity index (χ1n) is 10.6. The van der Waals surface area contributed by atoms with Crippen molar-refractivity contribution in [2.24, 2.45) is 0 Å². The number of nitrogens with one attached hydrogen (secondary N) is 1. The van der Waals surface area contributed by atoms with Crippen LogP contribution in [0.3, 0.4) is 0 Å². The number of anilines is 1. The first-order chi connectivity index (χ1) is 14.9. The molecule has 2 aromatic heterocycles. The first-order valence-corrected chi connectivity index (χ1v) is 10.6. The van der Waals surface area contributed by atoms with Crippen LogP contribution in [0.25, 0.3) is 22.3 Å². The summed E-state index contributed by atoms with van der Waals surface area (Å²) in [7, 11) is 0. The molecule has 1 saturated heterocycles. The molecule has 0 spiro atoms. The van der Waals surface area contributed by atoms with Crippen molar-refractivity contribution in [3.63, 3.8) is 0 Å². The lowest BCUT2D eigenvalue weighted by atomic mass is 10.1. The maximum absolute atomic E-state index is 4.85. The van der Waals surface area contributed by atoms with Gasteiger partial charge in [-0.15, -0.1) is 0 Å². The van der Waals surface area contributed by atoms with Crippen LogP contribution in [0.15, 0.2) is 73.1 Å². The smallest absolute Gasteiger partial charge is 0.163 e. The summed E-state index contributed by atoms with van der Waals surface area (Å²) >= 11 is 0. The number of nitrogens with zero attached hydrogens (tertiary/aromatic N) is 4. The van der Waals surface area contributed by atoms with Gasteiger partial charge >= 0.3 is 0 Å². The lowest BCUT2D eigenvalue weighted by Gasteiger charge is -2.18. The van der Waals surface area contributed by atoms with Gasteiger partial charge in [0.05, 0.1) is 5.52 Å². The summed E-state index contributed by atoms with van der Waals surface area (Å²) in [5.74, 6) is 1.55. The van der Waals surface area contributed by atoms with Crippen LogP contribution in [0.1, 0.15) is 24.0 Å². The van der Waals surface area contributed by atoms with Crippen LogP contribution < -0.4 is 5.32 Å². The average Bonchev–Trinajstić information content (AvgIpc) is 3.32. The minimum Gasteiger partial charge on any atom is -0.365 e. The molecular formula is C25H25N5. The first kappa shape index (κ1) is 18.7. The molecule has 0 radical (unpaired) electrons. The molecule has 1 aliphatic rings. The molecule has 0 amide bonds. The fraction of sp³-hybridized carbons (Fsp3) is 0.240. The molecule has 0 atom stereocenters. The number of aromatic nitrogens is 3. The van der Waals surface area contributed by atoms with Gasteiger partial charge in [-0.05, 0) is 61.3 Å². The summed E-state index contributed by atoms with van der Waals surface area (Å²) in [6.45, 7) is 4.15. The molecule has 30 heavy (non-hydrogen) atoms. The Balaban J connectivity index is 1.44. The Bertz CT molecular complexity index is 1140. The van der Waals surface area contributed by atoms with Crippen LogP contribution in [0.2, 0.25) is 0 Å². The monoisotopic (exact) mass is 395 g/mol. The maximum atomic E-state index is 4.85. The minimum atomic E-state index is 0.689. The van der Waals surface area contributed by atoms with Gasteiger partial charge in [-0.1, -0.05) is 36.4 Å². The number of hydrogen-bond acceptors (Lipinski definition) is 5. The van der Waals surface area contributed by atoms with Crippen LogP contribution in [0.4, 0.5) is 5.82 Å². The molecule has 1 N–H and O–H groups in total. The van der Waals surface area contributed by atoms with Crippen molar-refractivity contribution in [2.75, 3.05) is 18.4 Å². The van der Waals surface area contributed by atoms with E-state index in [1.807, 2.05) is 30.3 Å². The zero-order valence-corrected chi connectivity index (χ0v) is 17.0. The van der Waals surface area contributed by atoms with Gasteiger partial charge in [0.2, 0.25) is 0 Å². The van der Waals surface area contributed by atoms with E-state index in [4.69, 9.17) is 9.97 Å². The summed E-state index contributed by atoms with van der Waals surface area (Å²) in [6.07, 6.45) is 6.19. The third-order valence-corrected chi connectivity index (χ3v) is 5.68. The summed E-state index contributed by atoms with van der Waals surface area (Å²) in [6, 6.07) is 20.8. The maximum Gasteiger partial charge on any atom is 0.163 e. The number of pyridine rings is 1. The van der Waals surface area contributed by atoms with Crippen molar-refractivity contribution in [2.45, 2.75) is 25.9 Å². The third-order valence-electron chi connectivity index (χ3n) is 5.68. The molecule has 5 heteroatoms. The van der Waals surface area contributed by atoms with Crippen molar-refractivity contribution in [3.05, 3.63) is 84.2 Å². The molecule has 0 unspecified atom stereocenters. The van der Waals surface area contributed by atoms with Gasteiger partial charge in [0, 0.05) is 36.4 Å². The van der Waals surface area contributed by atoms with E-state index in [0.29, 0.717) is 5.82 Å². The van der Waals surface area contributed by atoms with E-state index in [9.17, 15) is 0 Å². The largest absolute Gasteiger partial charge is 0.365 e. The van der Waals surface area contributed by atoms with Gasteiger partial charge < -0.3 is 5.32 Å². The van der Waals surface area contributed by atoms with Crippen molar-refractivity contribution < 1.29 is 0 Å².